The molecule has 1 radical (unpaired) electrons. The summed E-state index contributed by atoms with van der Waals surface area (Å²) in [5.41, 5.74) is 9.40. The normalized spacial score (nSPS) is 11.8. The summed E-state index contributed by atoms with van der Waals surface area (Å²) in [6.07, 6.45) is 0. The van der Waals surface area contributed by atoms with Gasteiger partial charge in [-0.3, -0.25) is 0 Å². The average molecular weight is 506 g/mol. The summed E-state index contributed by atoms with van der Waals surface area (Å²) in [5, 5.41) is 11.2. The van der Waals surface area contributed by atoms with Gasteiger partial charge in [0.25, 0.3) is 0 Å². The molecule has 0 spiro atoms. The number of nitrogens with zero attached hydrogens (tertiary/aromatic N) is 3. The van der Waals surface area contributed by atoms with E-state index < -0.39 is 5.60 Å². The Morgan fingerprint density at radius 1 is 1.25 bits per heavy atom. The molecule has 2 heterocycles. The molecule has 7 heteroatoms. The van der Waals surface area contributed by atoms with Crippen LogP contribution in [0.5, 0.6) is 0 Å². The summed E-state index contributed by atoms with van der Waals surface area (Å²) in [6.45, 7) is 6.74. The second kappa shape index (κ2) is 7.15. The van der Waals surface area contributed by atoms with Crippen molar-refractivity contribution in [2.24, 2.45) is 0 Å². The second-order valence-corrected chi connectivity index (χ2v) is 6.24. The Bertz CT molecular complexity index is 855. The molecule has 3 aromatic rings. The van der Waals surface area contributed by atoms with Gasteiger partial charge in [-0.25, -0.2) is 4.98 Å². The van der Waals surface area contributed by atoms with E-state index in [0.29, 0.717) is 31.1 Å². The first-order chi connectivity index (χ1) is 10.9. The maximum absolute atomic E-state index is 10.3. The van der Waals surface area contributed by atoms with Crippen molar-refractivity contribution in [1.29, 1.82) is 0 Å². The molecule has 3 rings (SSSR count). The van der Waals surface area contributed by atoms with Gasteiger partial charge in [-0.2, -0.15) is 0 Å². The van der Waals surface area contributed by atoms with Crippen LogP contribution in [0.15, 0.2) is 24.3 Å². The summed E-state index contributed by atoms with van der Waals surface area (Å²) >= 11 is 0. The third-order valence-electron chi connectivity index (χ3n) is 3.64. The minimum absolute atomic E-state index is 0. The van der Waals surface area contributed by atoms with Crippen molar-refractivity contribution in [3.8, 4) is 0 Å². The molecular weight excluding hydrogens is 484 g/mol. The summed E-state index contributed by atoms with van der Waals surface area (Å²) in [7, 11) is 0. The molecule has 2 aromatic heterocycles. The molecule has 131 valence electrons. The van der Waals surface area contributed by atoms with Gasteiger partial charge in [-0.05, 0) is 32.1 Å². The number of aromatic nitrogens is 3. The Kier molecular flexibility index (Phi) is 5.60. The van der Waals surface area contributed by atoms with E-state index in [4.69, 9.17) is 10.5 Å². The van der Waals surface area contributed by atoms with Crippen molar-refractivity contribution in [1.82, 2.24) is 14.5 Å². The molecule has 0 bridgehead atoms. The number of rotatable bonds is 5. The summed E-state index contributed by atoms with van der Waals surface area (Å²) in [4.78, 5) is 8.88. The van der Waals surface area contributed by atoms with Crippen LogP contribution in [0.2, 0.25) is 0 Å². The Morgan fingerprint density at radius 2 is 1.96 bits per heavy atom. The molecule has 24 heavy (non-hydrogen) atoms. The van der Waals surface area contributed by atoms with Gasteiger partial charge in [-0.15, -0.1) is 0 Å². The van der Waals surface area contributed by atoms with Gasteiger partial charge in [0.1, 0.15) is 12.4 Å². The summed E-state index contributed by atoms with van der Waals surface area (Å²) in [5.74, 6) is 0.849. The first-order valence-electron chi connectivity index (χ1n) is 7.70. The zero-order valence-electron chi connectivity index (χ0n) is 14.0. The second-order valence-electron chi connectivity index (χ2n) is 6.24. The van der Waals surface area contributed by atoms with Crippen LogP contribution in [-0.4, -0.2) is 31.8 Å². The Hall–Kier alpha value is -1.53. The molecule has 0 aliphatic carbocycles. The quantitative estimate of drug-likeness (QED) is 0.575. The fraction of sp³-hybridized carbons (Fsp3) is 0.412. The number of hydrogen-bond acceptors (Lipinski definition) is 4. The standard InChI is InChI=1S/C17H21N4O2.Ir/c1-4-23-9-13-20-14-15(21(13)10-17(2,3)22)11-7-5-6-8-12(11)19-16(14)18;/h5-8,22H,4,9-10H2,1-3H3,(H-,18,19);/q-1;. The van der Waals surface area contributed by atoms with Crippen LogP contribution in [0, 0.1) is 0 Å². The molecule has 0 atom stereocenters. The van der Waals surface area contributed by atoms with E-state index in [1.165, 1.54) is 0 Å². The Labute approximate surface area is 154 Å². The number of aliphatic hydroxyl groups is 1. The number of ether oxygens (including phenoxy) is 1. The van der Waals surface area contributed by atoms with Crippen LogP contribution >= 0.6 is 0 Å². The molecule has 0 aliphatic rings. The van der Waals surface area contributed by atoms with Gasteiger partial charge in [0.2, 0.25) is 0 Å². The van der Waals surface area contributed by atoms with E-state index in [9.17, 15) is 5.11 Å². The van der Waals surface area contributed by atoms with Crippen LogP contribution in [0.4, 0.5) is 5.82 Å². The van der Waals surface area contributed by atoms with Gasteiger partial charge in [0, 0.05) is 32.1 Å². The monoisotopic (exact) mass is 506 g/mol. The zero-order valence-corrected chi connectivity index (χ0v) is 16.4. The minimum Gasteiger partial charge on any atom is -0.480 e. The largest absolute Gasteiger partial charge is 0.480 e. The van der Waals surface area contributed by atoms with Crippen LogP contribution in [-0.2, 0) is 38.0 Å². The van der Waals surface area contributed by atoms with Crippen molar-refractivity contribution < 1.29 is 29.9 Å². The predicted molar refractivity (Wildman–Crippen MR) is 90.6 cm³/mol. The van der Waals surface area contributed by atoms with Crippen molar-refractivity contribution in [2.45, 2.75) is 39.5 Å². The maximum atomic E-state index is 10.3. The van der Waals surface area contributed by atoms with E-state index >= 15 is 0 Å². The number of nitrogens with one attached hydrogen (secondary N) is 1. The van der Waals surface area contributed by atoms with Gasteiger partial charge >= 0.3 is 0 Å². The Balaban J connectivity index is 0.00000208. The van der Waals surface area contributed by atoms with Crippen LogP contribution in [0.1, 0.15) is 26.6 Å². The van der Waals surface area contributed by atoms with Crippen molar-refractivity contribution in [2.75, 3.05) is 6.61 Å². The topological polar surface area (TPSA) is 84.0 Å². The van der Waals surface area contributed by atoms with Crippen LogP contribution in [0.3, 0.4) is 0 Å². The fourth-order valence-corrected chi connectivity index (χ4v) is 2.74. The van der Waals surface area contributed by atoms with Gasteiger partial charge < -0.3 is 25.1 Å². The molecule has 2 N–H and O–H groups in total. The van der Waals surface area contributed by atoms with Crippen LogP contribution < -0.4 is 0 Å². The SMILES string of the molecule is CCOCc1nc2c([NH-])nc3ccccc3c2n1CC(C)(C)O.[Ir]. The first-order valence-corrected chi connectivity index (χ1v) is 7.70. The summed E-state index contributed by atoms with van der Waals surface area (Å²) < 4.78 is 7.46. The molecule has 6 nitrogen and oxygen atoms in total. The number of para-hydroxylation sites is 1. The van der Waals surface area contributed by atoms with Crippen molar-refractivity contribution in [3.63, 3.8) is 0 Å². The maximum Gasteiger partial charge on any atom is 0.136 e. The predicted octanol–water partition coefficient (Wildman–Crippen LogP) is 3.57. The molecule has 0 saturated heterocycles. The van der Waals surface area contributed by atoms with Gasteiger partial charge in [-0.1, -0.05) is 24.3 Å². The van der Waals surface area contributed by atoms with E-state index in [1.807, 2.05) is 35.8 Å². The first kappa shape index (κ1) is 18.8. The van der Waals surface area contributed by atoms with Crippen molar-refractivity contribution in [3.05, 3.63) is 35.8 Å². The Morgan fingerprint density at radius 3 is 2.62 bits per heavy atom. The number of benzene rings is 1. The van der Waals surface area contributed by atoms with Crippen molar-refractivity contribution >= 4 is 27.8 Å². The fourth-order valence-electron chi connectivity index (χ4n) is 2.74. The van der Waals surface area contributed by atoms with Gasteiger partial charge in [0.05, 0.1) is 23.2 Å². The molecule has 0 fully saturated rings. The smallest absolute Gasteiger partial charge is 0.136 e. The molecule has 0 saturated carbocycles. The molecular formula is C17H21IrN4O2-. The van der Waals surface area contributed by atoms with E-state index in [0.717, 1.165) is 16.4 Å². The third-order valence-corrected chi connectivity index (χ3v) is 3.64. The van der Waals surface area contributed by atoms with E-state index in [-0.39, 0.29) is 25.9 Å². The number of pyridine rings is 1. The molecule has 0 unspecified atom stereocenters. The van der Waals surface area contributed by atoms with Crippen LogP contribution in [0.25, 0.3) is 27.7 Å². The average Bonchev–Trinajstić information content (AvgIpc) is 2.83. The summed E-state index contributed by atoms with van der Waals surface area (Å²) in [6, 6.07) is 7.70. The number of hydrogen-bond donors (Lipinski definition) is 1. The van der Waals surface area contributed by atoms with Gasteiger partial charge in [0.15, 0.2) is 0 Å². The molecule has 1 aromatic carbocycles. The molecule has 0 aliphatic heterocycles. The molecule has 0 amide bonds. The third kappa shape index (κ3) is 3.59. The van der Waals surface area contributed by atoms with E-state index in [2.05, 4.69) is 9.97 Å². The number of fused-ring (bicyclic) bond motifs is 3. The zero-order chi connectivity index (χ0) is 16.6. The van der Waals surface area contributed by atoms with E-state index in [1.54, 1.807) is 13.8 Å². The number of imidazole rings is 1. The minimum atomic E-state index is -0.902.